The van der Waals surface area contributed by atoms with Crippen LogP contribution in [0.15, 0.2) is 73.3 Å². The highest BCUT2D eigenvalue weighted by molar-refractivity contribution is 7.59. The molecule has 3 aliphatic rings. The number of alkyl halides is 1. The van der Waals surface area contributed by atoms with Crippen LogP contribution in [0, 0.1) is 11.3 Å². The summed E-state index contributed by atoms with van der Waals surface area (Å²) in [5, 5.41) is 16.6. The number of benzene rings is 3. The van der Waals surface area contributed by atoms with Crippen LogP contribution in [-0.4, -0.2) is 125 Å². The Morgan fingerprint density at radius 1 is 1.03 bits per heavy atom. The predicted octanol–water partition coefficient (Wildman–Crippen LogP) is 6.88. The fraction of sp³-hybridized carbons (Fsp3) is 0.491. The summed E-state index contributed by atoms with van der Waals surface area (Å²) in [7, 11) is 3.08. The van der Waals surface area contributed by atoms with Crippen molar-refractivity contribution in [2.75, 3.05) is 47.0 Å². The fourth-order valence-corrected chi connectivity index (χ4v) is 10.2. The number of halogens is 1. The lowest BCUT2D eigenvalue weighted by molar-refractivity contribution is -0.156. The first kappa shape index (κ1) is 58.6. The van der Waals surface area contributed by atoms with Gasteiger partial charge >= 0.3 is 5.97 Å². The number of hydrazine groups is 1. The number of phenolic OH excluding ortho intramolecular Hbond substituents is 1. The third-order valence-corrected chi connectivity index (χ3v) is 13.8. The van der Waals surface area contributed by atoms with Crippen LogP contribution in [0.5, 0.6) is 5.75 Å². The Morgan fingerprint density at radius 3 is 2.39 bits per heavy atom. The third kappa shape index (κ3) is 12.8. The Kier molecular flexibility index (Phi) is 20.3. The van der Waals surface area contributed by atoms with E-state index in [9.17, 15) is 29.1 Å². The van der Waals surface area contributed by atoms with Gasteiger partial charge in [-0.2, -0.15) is 40.5 Å². The van der Waals surface area contributed by atoms with Crippen LogP contribution < -0.4 is 10.7 Å². The zero-order valence-electron chi connectivity index (χ0n) is 42.0. The lowest BCUT2D eigenvalue weighted by atomic mass is 9.83. The van der Waals surface area contributed by atoms with Crippen molar-refractivity contribution in [2.24, 2.45) is 11.3 Å². The van der Waals surface area contributed by atoms with Gasteiger partial charge in [0.1, 0.15) is 23.9 Å². The Balaban J connectivity index is 0.00000365. The van der Waals surface area contributed by atoms with Gasteiger partial charge in [0.25, 0.3) is 11.8 Å². The van der Waals surface area contributed by atoms with E-state index < -0.39 is 58.8 Å². The van der Waals surface area contributed by atoms with Gasteiger partial charge in [0.2, 0.25) is 11.8 Å². The van der Waals surface area contributed by atoms with E-state index in [1.807, 2.05) is 24.3 Å². The number of ether oxygens (including phenoxy) is 2. The summed E-state index contributed by atoms with van der Waals surface area (Å²) in [6.07, 6.45) is 2.77. The van der Waals surface area contributed by atoms with E-state index in [4.69, 9.17) is 9.47 Å². The number of likely N-dealkylation sites (tertiary alicyclic amines) is 1. The van der Waals surface area contributed by atoms with Crippen LogP contribution in [-0.2, 0) is 59.3 Å². The van der Waals surface area contributed by atoms with Crippen molar-refractivity contribution in [3.8, 4) is 28.1 Å². The lowest BCUT2D eigenvalue weighted by Crippen LogP contribution is -2.63. The molecule has 18 heteroatoms. The SMILES string of the molecule is C=CC(=O)N1CCC(F)(C(=O)N(C)[C@H](C(=O)N[C@H]2Cc3cc(O)cc(c3)-c3ccc4c(c3)c(c(-c3ccccc3CCOC)n4CC)CC(C)(C)COC(=O)[C@@H]3CCCN(N3)C2=O)C(C)C)CC1.S.S.S. The number of methoxy groups -OCH3 is 1. The minimum atomic E-state index is -2.32. The number of rotatable bonds is 11. The first-order valence-electron chi connectivity index (χ1n) is 23.9. The van der Waals surface area contributed by atoms with Gasteiger partial charge in [-0.15, -0.1) is 0 Å². The summed E-state index contributed by atoms with van der Waals surface area (Å²) in [5.41, 5.74) is 7.75. The number of aryl methyl sites for hydroxylation is 1. The van der Waals surface area contributed by atoms with Gasteiger partial charge in [-0.25, -0.2) is 9.82 Å². The smallest absolute Gasteiger partial charge is 0.324 e. The van der Waals surface area contributed by atoms with Crippen molar-refractivity contribution in [1.29, 1.82) is 0 Å². The maximum Gasteiger partial charge on any atom is 0.324 e. The number of aromatic hydroxyl groups is 1. The molecule has 3 aliphatic heterocycles. The Morgan fingerprint density at radius 2 is 1.73 bits per heavy atom. The molecule has 14 nitrogen and oxygen atoms in total. The first-order valence-corrected chi connectivity index (χ1v) is 23.9. The number of carbonyl (C=O) groups excluding carboxylic acids is 5. The molecule has 2 fully saturated rings. The molecule has 4 aromatic rings. The molecule has 7 rings (SSSR count). The Bertz CT molecular complexity index is 2580. The Hall–Kier alpha value is -5.01. The molecule has 3 atom stereocenters. The summed E-state index contributed by atoms with van der Waals surface area (Å²) in [6, 6.07) is 16.5. The quantitative estimate of drug-likeness (QED) is 0.108. The second kappa shape index (κ2) is 24.6. The van der Waals surface area contributed by atoms with Gasteiger partial charge < -0.3 is 34.3 Å². The van der Waals surface area contributed by atoms with E-state index in [1.54, 1.807) is 33.1 Å². The average Bonchev–Trinajstić information content (AvgIpc) is 3.62. The number of nitrogens with zero attached hydrogens (tertiary/aromatic N) is 4. The highest BCUT2D eigenvalue weighted by Crippen LogP contribution is 2.42. The fourth-order valence-electron chi connectivity index (χ4n) is 10.2. The standard InChI is InChI=1S/C53H67FN6O8.3H2S/c1-9-45(62)58-23-20-53(54,21-24-58)51(66)57(7)46(33(3)4)48(63)55-43-28-34-26-37(29-38(61)27-34)36-17-18-44-40(30-36)41(47(59(44)10-2)39-15-12-11-14-35(39)19-25-67-8)31-52(5,6)32-68-50(65)42-16-13-22-60(56-42)49(43)64;;;/h9,11-12,14-15,17-18,26-27,29-30,33,42-43,46,56,61H,1,10,13,16,19-25,28,31-32H2,2-8H3,(H,55,63);3*1H2/t42-,43-,46-;;;/m0.../s1. The van der Waals surface area contributed by atoms with Crippen molar-refractivity contribution in [3.05, 3.63) is 90.0 Å². The van der Waals surface area contributed by atoms with Crippen molar-refractivity contribution < 1.29 is 42.9 Å². The summed E-state index contributed by atoms with van der Waals surface area (Å²) in [5.74, 6) is -3.49. The van der Waals surface area contributed by atoms with Gasteiger partial charge in [-0.1, -0.05) is 70.7 Å². The van der Waals surface area contributed by atoms with E-state index in [1.165, 1.54) is 17.0 Å². The van der Waals surface area contributed by atoms with Gasteiger partial charge in [0.05, 0.1) is 18.9 Å². The molecular weight excluding hydrogens is 964 g/mol. The second-order valence-electron chi connectivity index (χ2n) is 19.7. The molecule has 0 aliphatic carbocycles. The molecule has 3 aromatic carbocycles. The number of hydrogen-bond donors (Lipinski definition) is 3. The minimum Gasteiger partial charge on any atom is -0.508 e. The summed E-state index contributed by atoms with van der Waals surface area (Å²) in [6.45, 7) is 14.9. The number of amides is 4. The number of phenols is 1. The highest BCUT2D eigenvalue weighted by atomic mass is 32.1. The van der Waals surface area contributed by atoms with Crippen LogP contribution in [0.2, 0.25) is 0 Å². The van der Waals surface area contributed by atoms with Crippen LogP contribution >= 0.6 is 40.5 Å². The number of fused-ring (bicyclic) bond motifs is 6. The van der Waals surface area contributed by atoms with Gasteiger partial charge in [0.15, 0.2) is 5.67 Å². The number of carbonyl (C=O) groups is 5. The van der Waals surface area contributed by atoms with E-state index in [-0.39, 0.29) is 97.6 Å². The molecule has 0 saturated carbocycles. The number of piperidine rings is 1. The molecular formula is C53H73FN6O8S3. The highest BCUT2D eigenvalue weighted by Gasteiger charge is 2.47. The van der Waals surface area contributed by atoms with Crippen molar-refractivity contribution >= 4 is 81.0 Å². The summed E-state index contributed by atoms with van der Waals surface area (Å²) >= 11 is 0. The monoisotopic (exact) mass is 1040 g/mol. The zero-order chi connectivity index (χ0) is 49.1. The Labute approximate surface area is 438 Å². The maximum absolute atomic E-state index is 16.4. The number of cyclic esters (lactones) is 1. The molecule has 4 heterocycles. The average molecular weight is 1040 g/mol. The van der Waals surface area contributed by atoms with Crippen molar-refractivity contribution in [2.45, 2.75) is 110 Å². The van der Waals surface area contributed by atoms with Gasteiger partial charge in [-0.3, -0.25) is 29.0 Å². The summed E-state index contributed by atoms with van der Waals surface area (Å²) < 4.78 is 30.4. The largest absolute Gasteiger partial charge is 0.508 e. The molecule has 4 amide bonds. The number of nitrogens with one attached hydrogen (secondary N) is 2. The second-order valence-corrected chi connectivity index (χ2v) is 19.7. The number of hydrogen-bond acceptors (Lipinski definition) is 9. The molecule has 0 radical (unpaired) electrons. The molecule has 1 aromatic heterocycles. The molecule has 6 bridgehead atoms. The normalized spacial score (nSPS) is 19.2. The molecule has 2 saturated heterocycles. The third-order valence-electron chi connectivity index (χ3n) is 13.8. The van der Waals surface area contributed by atoms with Gasteiger partial charge in [0, 0.05) is 81.5 Å². The first-order chi connectivity index (χ1) is 32.4. The number of aromatic nitrogens is 1. The topological polar surface area (TPSA) is 163 Å². The van der Waals surface area contributed by atoms with Crippen molar-refractivity contribution in [1.82, 2.24) is 30.1 Å². The van der Waals surface area contributed by atoms with Crippen molar-refractivity contribution in [3.63, 3.8) is 0 Å². The van der Waals surface area contributed by atoms with Crippen LogP contribution in [0.4, 0.5) is 4.39 Å². The predicted molar refractivity (Wildman–Crippen MR) is 290 cm³/mol. The van der Waals surface area contributed by atoms with E-state index in [0.29, 0.717) is 43.5 Å². The van der Waals surface area contributed by atoms with Crippen LogP contribution in [0.1, 0.15) is 77.0 Å². The van der Waals surface area contributed by atoms with E-state index in [2.05, 4.69) is 66.9 Å². The zero-order valence-corrected chi connectivity index (χ0v) is 45.0. The molecule has 0 spiro atoms. The minimum absolute atomic E-state index is 0. The van der Waals surface area contributed by atoms with Crippen LogP contribution in [0.25, 0.3) is 33.3 Å². The maximum atomic E-state index is 16.4. The number of likely N-dealkylation sites (N-methyl/N-ethyl adjacent to an activating group) is 1. The number of esters is 1. The van der Waals surface area contributed by atoms with E-state index in [0.717, 1.165) is 56.2 Å². The van der Waals surface area contributed by atoms with E-state index >= 15 is 4.39 Å². The molecule has 0 unspecified atom stereocenters. The van der Waals surface area contributed by atoms with Crippen LogP contribution in [0.3, 0.4) is 0 Å². The van der Waals surface area contributed by atoms with Gasteiger partial charge in [-0.05, 0) is 96.7 Å². The molecule has 71 heavy (non-hydrogen) atoms. The molecule has 3 N–H and O–H groups in total. The lowest BCUT2D eigenvalue weighted by Gasteiger charge is -2.40. The summed E-state index contributed by atoms with van der Waals surface area (Å²) in [4.78, 5) is 71.9. The molecule has 388 valence electrons.